The predicted octanol–water partition coefficient (Wildman–Crippen LogP) is 3.28. The van der Waals surface area contributed by atoms with Gasteiger partial charge in [-0.05, 0) is 19.3 Å². The van der Waals surface area contributed by atoms with Crippen LogP contribution < -0.4 is 0 Å². The molecule has 0 aliphatic carbocycles. The van der Waals surface area contributed by atoms with E-state index in [4.69, 9.17) is 0 Å². The second-order valence-corrected chi connectivity index (χ2v) is 3.66. The van der Waals surface area contributed by atoms with E-state index in [0.717, 1.165) is 12.3 Å². The van der Waals surface area contributed by atoms with Crippen LogP contribution in [0.5, 0.6) is 0 Å². The van der Waals surface area contributed by atoms with E-state index in [0.29, 0.717) is 6.04 Å². The molecule has 0 amide bonds. The minimum atomic E-state index is 0.613. The Morgan fingerprint density at radius 1 is 1.33 bits per heavy atom. The Morgan fingerprint density at radius 2 is 1.83 bits per heavy atom. The van der Waals surface area contributed by atoms with Crippen molar-refractivity contribution >= 4 is 0 Å². The van der Waals surface area contributed by atoms with Crippen LogP contribution in [0.3, 0.4) is 0 Å². The van der Waals surface area contributed by atoms with Crippen molar-refractivity contribution in [2.75, 3.05) is 7.05 Å². The Morgan fingerprint density at radius 3 is 2.17 bits per heavy atom. The highest BCUT2D eigenvalue weighted by Crippen LogP contribution is 2.17. The van der Waals surface area contributed by atoms with E-state index in [1.54, 1.807) is 0 Å². The molecule has 0 heterocycles. The average molecular weight is 169 g/mol. The van der Waals surface area contributed by atoms with E-state index < -0.39 is 0 Å². The molecule has 0 fully saturated rings. The first-order valence-electron chi connectivity index (χ1n) is 4.95. The van der Waals surface area contributed by atoms with Gasteiger partial charge in [-0.25, -0.2) is 0 Å². The van der Waals surface area contributed by atoms with Gasteiger partial charge in [0.1, 0.15) is 0 Å². The van der Waals surface area contributed by atoms with Gasteiger partial charge < -0.3 is 4.90 Å². The summed E-state index contributed by atoms with van der Waals surface area (Å²) in [6.45, 7) is 13.0. The monoisotopic (exact) mass is 169 g/mol. The molecular formula is C11H23N. The second-order valence-electron chi connectivity index (χ2n) is 3.66. The van der Waals surface area contributed by atoms with E-state index in [1.165, 1.54) is 12.1 Å². The standard InChI is InChI=1S/C11H23N/c1-7-9(3)11(5)12(6)10(4)8-2/h9,11H,4,7-8H2,1-3,5-6H3. The maximum absolute atomic E-state index is 4.04. The topological polar surface area (TPSA) is 3.24 Å². The van der Waals surface area contributed by atoms with Crippen LogP contribution in [0.4, 0.5) is 0 Å². The molecule has 2 unspecified atom stereocenters. The summed E-state index contributed by atoms with van der Waals surface area (Å²) in [6, 6.07) is 0.613. The summed E-state index contributed by atoms with van der Waals surface area (Å²) in [4.78, 5) is 2.30. The summed E-state index contributed by atoms with van der Waals surface area (Å²) in [6.07, 6.45) is 2.29. The van der Waals surface area contributed by atoms with Gasteiger partial charge in [0.2, 0.25) is 0 Å². The van der Waals surface area contributed by atoms with Crippen LogP contribution >= 0.6 is 0 Å². The lowest BCUT2D eigenvalue weighted by Crippen LogP contribution is -2.33. The van der Waals surface area contributed by atoms with Gasteiger partial charge in [0.05, 0.1) is 0 Å². The van der Waals surface area contributed by atoms with Crippen LogP contribution in [0.2, 0.25) is 0 Å². The first-order valence-corrected chi connectivity index (χ1v) is 4.95. The smallest absolute Gasteiger partial charge is 0.0280 e. The number of hydrogen-bond donors (Lipinski definition) is 0. The zero-order chi connectivity index (χ0) is 9.72. The molecule has 72 valence electrons. The van der Waals surface area contributed by atoms with Gasteiger partial charge in [-0.1, -0.05) is 33.8 Å². The Bertz CT molecular complexity index is 140. The fraction of sp³-hybridized carbons (Fsp3) is 0.818. The molecule has 0 N–H and O–H groups in total. The summed E-state index contributed by atoms with van der Waals surface area (Å²) in [5, 5.41) is 0. The summed E-state index contributed by atoms with van der Waals surface area (Å²) in [5.41, 5.74) is 1.24. The first-order chi connectivity index (χ1) is 5.54. The third-order valence-corrected chi connectivity index (χ3v) is 2.99. The molecule has 1 nitrogen and oxygen atoms in total. The lowest BCUT2D eigenvalue weighted by atomic mass is 9.99. The molecule has 0 bridgehead atoms. The lowest BCUT2D eigenvalue weighted by molar-refractivity contribution is 0.238. The van der Waals surface area contributed by atoms with Crippen LogP contribution in [-0.2, 0) is 0 Å². The number of nitrogens with zero attached hydrogens (tertiary/aromatic N) is 1. The minimum Gasteiger partial charge on any atom is -0.375 e. The van der Waals surface area contributed by atoms with Crippen LogP contribution in [-0.4, -0.2) is 18.0 Å². The molecule has 0 aromatic rings. The highest BCUT2D eigenvalue weighted by molar-refractivity contribution is 4.93. The van der Waals surface area contributed by atoms with Crippen molar-refractivity contribution in [2.24, 2.45) is 5.92 Å². The van der Waals surface area contributed by atoms with Gasteiger partial charge in [-0.3, -0.25) is 0 Å². The Labute approximate surface area is 77.5 Å². The number of allylic oxidation sites excluding steroid dienone is 1. The molecule has 0 spiro atoms. The summed E-state index contributed by atoms with van der Waals surface area (Å²) >= 11 is 0. The lowest BCUT2D eigenvalue weighted by Gasteiger charge is -2.32. The van der Waals surface area contributed by atoms with Gasteiger partial charge in [0.25, 0.3) is 0 Å². The molecular weight excluding hydrogens is 146 g/mol. The molecule has 12 heavy (non-hydrogen) atoms. The molecule has 0 aromatic carbocycles. The largest absolute Gasteiger partial charge is 0.375 e. The third kappa shape index (κ3) is 2.88. The number of rotatable bonds is 5. The average Bonchev–Trinajstić information content (AvgIpc) is 2.12. The molecule has 0 aromatic heterocycles. The maximum Gasteiger partial charge on any atom is 0.0280 e. The molecule has 2 atom stereocenters. The zero-order valence-corrected chi connectivity index (χ0v) is 9.22. The van der Waals surface area contributed by atoms with Crippen molar-refractivity contribution in [3.63, 3.8) is 0 Å². The Hall–Kier alpha value is -0.460. The highest BCUT2D eigenvalue weighted by atomic mass is 15.1. The van der Waals surface area contributed by atoms with Crippen molar-refractivity contribution in [1.29, 1.82) is 0 Å². The van der Waals surface area contributed by atoms with Gasteiger partial charge in [-0.2, -0.15) is 0 Å². The zero-order valence-electron chi connectivity index (χ0n) is 9.22. The molecule has 0 saturated heterocycles. The second kappa shape index (κ2) is 5.23. The fourth-order valence-electron chi connectivity index (χ4n) is 1.26. The normalized spacial score (nSPS) is 15.4. The van der Waals surface area contributed by atoms with Crippen molar-refractivity contribution in [1.82, 2.24) is 4.90 Å². The Kier molecular flexibility index (Phi) is 5.03. The van der Waals surface area contributed by atoms with Gasteiger partial charge in [-0.15, -0.1) is 0 Å². The van der Waals surface area contributed by atoms with Gasteiger partial charge in [0.15, 0.2) is 0 Å². The molecule has 0 radical (unpaired) electrons. The molecule has 0 saturated carbocycles. The maximum atomic E-state index is 4.04. The quantitative estimate of drug-likeness (QED) is 0.610. The van der Waals surface area contributed by atoms with Gasteiger partial charge in [0, 0.05) is 18.8 Å². The van der Waals surface area contributed by atoms with E-state index in [-0.39, 0.29) is 0 Å². The molecule has 1 heteroatoms. The first kappa shape index (κ1) is 11.5. The van der Waals surface area contributed by atoms with Crippen molar-refractivity contribution < 1.29 is 0 Å². The molecule has 0 aliphatic heterocycles. The van der Waals surface area contributed by atoms with Crippen molar-refractivity contribution in [3.05, 3.63) is 12.3 Å². The van der Waals surface area contributed by atoms with E-state index >= 15 is 0 Å². The third-order valence-electron chi connectivity index (χ3n) is 2.99. The molecule has 0 aliphatic rings. The van der Waals surface area contributed by atoms with Crippen LogP contribution in [0.1, 0.15) is 40.5 Å². The van der Waals surface area contributed by atoms with E-state index in [2.05, 4.69) is 46.2 Å². The van der Waals surface area contributed by atoms with Crippen LogP contribution in [0.15, 0.2) is 12.3 Å². The highest BCUT2D eigenvalue weighted by Gasteiger charge is 2.15. The summed E-state index contributed by atoms with van der Waals surface area (Å²) in [5.74, 6) is 0.748. The van der Waals surface area contributed by atoms with Crippen molar-refractivity contribution in [3.8, 4) is 0 Å². The van der Waals surface area contributed by atoms with E-state index in [9.17, 15) is 0 Å². The predicted molar refractivity (Wildman–Crippen MR) is 56.1 cm³/mol. The fourth-order valence-corrected chi connectivity index (χ4v) is 1.26. The van der Waals surface area contributed by atoms with Crippen LogP contribution in [0, 0.1) is 5.92 Å². The number of hydrogen-bond acceptors (Lipinski definition) is 1. The van der Waals surface area contributed by atoms with Crippen molar-refractivity contribution in [2.45, 2.75) is 46.6 Å². The summed E-state index contributed by atoms with van der Waals surface area (Å²) < 4.78 is 0. The summed E-state index contributed by atoms with van der Waals surface area (Å²) in [7, 11) is 2.14. The SMILES string of the molecule is C=C(CC)N(C)C(C)C(C)CC. The minimum absolute atomic E-state index is 0.613. The van der Waals surface area contributed by atoms with E-state index in [1.807, 2.05) is 0 Å². The van der Waals surface area contributed by atoms with Gasteiger partial charge >= 0.3 is 0 Å². The van der Waals surface area contributed by atoms with Crippen LogP contribution in [0.25, 0.3) is 0 Å². The Balaban J connectivity index is 4.08. The molecule has 0 rings (SSSR count).